The Balaban J connectivity index is 0.000000366. The van der Waals surface area contributed by atoms with Gasteiger partial charge in [0.05, 0.1) is 0 Å². The molecule has 6 nitrogen and oxygen atoms in total. The Morgan fingerprint density at radius 2 is 1.88 bits per heavy atom. The molecule has 17 heavy (non-hydrogen) atoms. The molecule has 0 aliphatic heterocycles. The lowest BCUT2D eigenvalue weighted by Crippen LogP contribution is -2.02. The monoisotopic (exact) mass is 240 g/mol. The van der Waals surface area contributed by atoms with Gasteiger partial charge in [0, 0.05) is 25.5 Å². The number of anilines is 2. The van der Waals surface area contributed by atoms with Gasteiger partial charge < -0.3 is 20.5 Å². The molecule has 0 radical (unpaired) electrons. The maximum absolute atomic E-state index is 10.0. The second kappa shape index (κ2) is 9.17. The summed E-state index contributed by atoms with van der Waals surface area (Å²) in [5, 5.41) is 13.3. The molecule has 1 aromatic rings. The summed E-state index contributed by atoms with van der Waals surface area (Å²) >= 11 is 0. The number of carbonyl (C=O) groups excluding carboxylic acids is 1. The van der Waals surface area contributed by atoms with Crippen LogP contribution in [0.3, 0.4) is 0 Å². The van der Waals surface area contributed by atoms with E-state index in [4.69, 9.17) is 5.11 Å². The molecular weight excluding hydrogens is 224 g/mol. The molecule has 1 rings (SSSR count). The summed E-state index contributed by atoms with van der Waals surface area (Å²) < 4.78 is 4.20. The van der Waals surface area contributed by atoms with Crippen LogP contribution in [0, 0.1) is 0 Å². The Morgan fingerprint density at radius 1 is 1.35 bits per heavy atom. The van der Waals surface area contributed by atoms with Gasteiger partial charge in [0.25, 0.3) is 0 Å². The number of benzene rings is 1. The van der Waals surface area contributed by atoms with Crippen molar-refractivity contribution in [1.82, 2.24) is 0 Å². The smallest absolute Gasteiger partial charge is 0.329 e. The number of methoxy groups -OCH3 is 1. The Morgan fingerprint density at radius 3 is 2.18 bits per heavy atom. The average Bonchev–Trinajstić information content (AvgIpc) is 2.31. The summed E-state index contributed by atoms with van der Waals surface area (Å²) in [5.41, 5.74) is 1.83. The van der Waals surface area contributed by atoms with Crippen molar-refractivity contribution in [2.45, 2.75) is 0 Å². The molecule has 94 valence electrons. The van der Waals surface area contributed by atoms with E-state index in [-0.39, 0.29) is 6.61 Å². The number of hydrogen-bond donors (Lipinski definition) is 3. The van der Waals surface area contributed by atoms with E-state index >= 15 is 0 Å². The van der Waals surface area contributed by atoms with Gasteiger partial charge in [-0.2, -0.15) is 0 Å². The fraction of sp³-hybridized carbons (Fsp3) is 0.273. The zero-order chi connectivity index (χ0) is 13.1. The van der Waals surface area contributed by atoms with Gasteiger partial charge in [0.15, 0.2) is 0 Å². The van der Waals surface area contributed by atoms with E-state index < -0.39 is 5.97 Å². The van der Waals surface area contributed by atoms with Crippen molar-refractivity contribution >= 4 is 23.8 Å². The number of carbonyl (C=O) groups is 2. The molecule has 1 aromatic carbocycles. The fourth-order valence-corrected chi connectivity index (χ4v) is 0.925. The first-order valence-electron chi connectivity index (χ1n) is 4.82. The zero-order valence-electron chi connectivity index (χ0n) is 9.77. The van der Waals surface area contributed by atoms with Crippen LogP contribution < -0.4 is 10.6 Å². The summed E-state index contributed by atoms with van der Waals surface area (Å²) in [5.74, 6) is -0.933. The van der Waals surface area contributed by atoms with Gasteiger partial charge in [-0.05, 0) is 24.3 Å². The first-order valence-corrected chi connectivity index (χ1v) is 4.82. The minimum atomic E-state index is -0.933. The van der Waals surface area contributed by atoms with Gasteiger partial charge in [-0.15, -0.1) is 0 Å². The summed E-state index contributed by atoms with van der Waals surface area (Å²) in [6.07, 6.45) is 0.661. The zero-order valence-corrected chi connectivity index (χ0v) is 9.77. The lowest BCUT2D eigenvalue weighted by atomic mass is 10.3. The lowest BCUT2D eigenvalue weighted by molar-refractivity contribution is -0.141. The van der Waals surface area contributed by atoms with Crippen molar-refractivity contribution in [1.29, 1.82) is 0 Å². The number of rotatable bonds is 5. The van der Waals surface area contributed by atoms with Gasteiger partial charge >= 0.3 is 5.97 Å². The van der Waals surface area contributed by atoms with Crippen LogP contribution in [0.15, 0.2) is 24.3 Å². The van der Waals surface area contributed by atoms with Gasteiger partial charge in [0.1, 0.15) is 6.61 Å². The summed E-state index contributed by atoms with van der Waals surface area (Å²) in [6, 6.07) is 7.46. The number of nitrogens with one attached hydrogen (secondary N) is 2. The molecule has 1 amide bonds. The predicted molar refractivity (Wildman–Crippen MR) is 65.2 cm³/mol. The molecule has 6 heteroatoms. The van der Waals surface area contributed by atoms with Crippen LogP contribution in [0.4, 0.5) is 11.4 Å². The quantitative estimate of drug-likeness (QED) is 0.669. The lowest BCUT2D eigenvalue weighted by Gasteiger charge is -2.00. The van der Waals surface area contributed by atoms with Crippen LogP contribution in [-0.4, -0.2) is 38.3 Å². The van der Waals surface area contributed by atoms with Crippen molar-refractivity contribution in [2.75, 3.05) is 31.4 Å². The van der Waals surface area contributed by atoms with E-state index in [2.05, 4.69) is 15.4 Å². The van der Waals surface area contributed by atoms with Gasteiger partial charge in [-0.3, -0.25) is 4.79 Å². The molecule has 3 N–H and O–H groups in total. The standard InChI is InChI=1S/C8H10N2O.C3H6O3/c1-9-7-2-4-8(5-3-7)10-6-11;1-6-2-3(4)5/h2-6,9H,1H3,(H,10,11);2H2,1H3,(H,4,5). The third-order valence-electron chi connectivity index (χ3n) is 1.67. The van der Waals surface area contributed by atoms with Gasteiger partial charge in [-0.1, -0.05) is 0 Å². The van der Waals surface area contributed by atoms with Crippen molar-refractivity contribution < 1.29 is 19.4 Å². The highest BCUT2D eigenvalue weighted by Gasteiger charge is 1.89. The van der Waals surface area contributed by atoms with Crippen molar-refractivity contribution in [3.63, 3.8) is 0 Å². The van der Waals surface area contributed by atoms with Crippen LogP contribution >= 0.6 is 0 Å². The van der Waals surface area contributed by atoms with Crippen molar-refractivity contribution in [3.05, 3.63) is 24.3 Å². The van der Waals surface area contributed by atoms with Crippen LogP contribution in [0.2, 0.25) is 0 Å². The van der Waals surface area contributed by atoms with E-state index in [9.17, 15) is 9.59 Å². The Labute approximate surface area is 99.6 Å². The number of carboxylic acid groups (broad SMARTS) is 1. The molecule has 0 aromatic heterocycles. The Hall–Kier alpha value is -2.08. The highest BCUT2D eigenvalue weighted by molar-refractivity contribution is 5.72. The van der Waals surface area contributed by atoms with Crippen molar-refractivity contribution in [3.8, 4) is 0 Å². The molecule has 0 aliphatic carbocycles. The molecular formula is C11H16N2O4. The maximum atomic E-state index is 10.0. The van der Waals surface area contributed by atoms with Crippen molar-refractivity contribution in [2.24, 2.45) is 0 Å². The highest BCUT2D eigenvalue weighted by Crippen LogP contribution is 2.11. The fourth-order valence-electron chi connectivity index (χ4n) is 0.925. The second-order valence-electron chi connectivity index (χ2n) is 2.92. The van der Waals surface area contributed by atoms with Gasteiger partial charge in [0.2, 0.25) is 6.41 Å². The predicted octanol–water partition coefficient (Wildman–Crippen LogP) is 1.01. The molecule has 0 saturated carbocycles. The molecule has 0 aliphatic rings. The van der Waals surface area contributed by atoms with E-state index in [0.717, 1.165) is 11.4 Å². The number of hydrogen-bond acceptors (Lipinski definition) is 4. The molecule has 0 saturated heterocycles. The maximum Gasteiger partial charge on any atom is 0.329 e. The third-order valence-corrected chi connectivity index (χ3v) is 1.67. The van der Waals surface area contributed by atoms with E-state index in [1.807, 2.05) is 31.3 Å². The molecule has 0 unspecified atom stereocenters. The van der Waals surface area contributed by atoms with E-state index in [1.54, 1.807) is 0 Å². The number of aliphatic carboxylic acids is 1. The highest BCUT2D eigenvalue weighted by atomic mass is 16.5. The van der Waals surface area contributed by atoms with E-state index in [0.29, 0.717) is 6.41 Å². The molecule has 0 atom stereocenters. The number of carboxylic acids is 1. The summed E-state index contributed by atoms with van der Waals surface area (Å²) in [7, 11) is 3.19. The van der Waals surface area contributed by atoms with Crippen LogP contribution in [0.25, 0.3) is 0 Å². The summed E-state index contributed by atoms with van der Waals surface area (Å²) in [6.45, 7) is -0.208. The van der Waals surface area contributed by atoms with E-state index in [1.165, 1.54) is 7.11 Å². The van der Waals surface area contributed by atoms with Crippen LogP contribution in [-0.2, 0) is 14.3 Å². The Bertz CT molecular complexity index is 338. The number of ether oxygens (including phenoxy) is 1. The molecule has 0 spiro atoms. The first-order chi connectivity index (χ1) is 8.13. The van der Waals surface area contributed by atoms with Gasteiger partial charge in [-0.25, -0.2) is 4.79 Å². The molecule has 0 heterocycles. The SMILES string of the molecule is CNc1ccc(NC=O)cc1.COCC(=O)O. The van der Waals surface area contributed by atoms with Crippen LogP contribution in [0.1, 0.15) is 0 Å². The topological polar surface area (TPSA) is 87.7 Å². The minimum Gasteiger partial charge on any atom is -0.480 e. The Kier molecular flexibility index (Phi) is 8.05. The molecule has 0 bridgehead atoms. The largest absolute Gasteiger partial charge is 0.480 e. The average molecular weight is 240 g/mol. The normalized spacial score (nSPS) is 8.59. The number of amides is 1. The first kappa shape index (κ1) is 14.9. The molecule has 0 fully saturated rings. The van der Waals surface area contributed by atoms with Crippen LogP contribution in [0.5, 0.6) is 0 Å². The summed E-state index contributed by atoms with van der Waals surface area (Å²) in [4.78, 5) is 19.5. The second-order valence-corrected chi connectivity index (χ2v) is 2.92. The minimum absolute atomic E-state index is 0.208. The third kappa shape index (κ3) is 7.80.